The minimum absolute atomic E-state index is 1.08. The van der Waals surface area contributed by atoms with Gasteiger partial charge in [-0.05, 0) is 164 Å². The normalized spacial score (nSPS) is 11.3. The van der Waals surface area contributed by atoms with E-state index in [1.165, 1.54) is 16.2 Å². The predicted molar refractivity (Wildman–Crippen MR) is 301 cm³/mol. The van der Waals surface area contributed by atoms with Crippen molar-refractivity contribution in [3.8, 4) is 17.1 Å². The fourth-order valence-corrected chi connectivity index (χ4v) is 10.4. The van der Waals surface area contributed by atoms with Crippen LogP contribution in [0.3, 0.4) is 0 Å². The highest BCUT2D eigenvalue weighted by Gasteiger charge is 2.22. The first kappa shape index (κ1) is 42.3. The second-order valence-electron chi connectivity index (χ2n) is 17.9. The topological polar surface area (TPSA) is 24.5 Å². The Morgan fingerprint density at radius 1 is 0.181 bits per heavy atom. The van der Waals surface area contributed by atoms with Gasteiger partial charge in [-0.25, -0.2) is 0 Å². The van der Waals surface area contributed by atoms with Crippen molar-refractivity contribution in [3.05, 3.63) is 292 Å². The molecule has 0 aliphatic heterocycles. The third kappa shape index (κ3) is 7.55. The average molecular weight is 925 g/mol. The first-order valence-corrected chi connectivity index (χ1v) is 24.4. The number of anilines is 9. The van der Waals surface area contributed by atoms with Gasteiger partial charge in [0, 0.05) is 103 Å². The van der Waals surface area contributed by atoms with Crippen LogP contribution in [0.15, 0.2) is 292 Å². The van der Waals surface area contributed by atoms with E-state index < -0.39 is 0 Å². The Bertz CT molecular complexity index is 3360. The summed E-state index contributed by atoms with van der Waals surface area (Å²) in [5, 5.41) is 3.53. The summed E-state index contributed by atoms with van der Waals surface area (Å²) in [7, 11) is 0. The van der Waals surface area contributed by atoms with Gasteiger partial charge >= 0.3 is 0 Å². The molecule has 6 heteroatoms. The van der Waals surface area contributed by atoms with Gasteiger partial charge in [0.1, 0.15) is 0 Å². The molecule has 0 amide bonds. The molecule has 0 saturated carbocycles. The van der Waals surface area contributed by atoms with E-state index >= 15 is 0 Å². The SMILES string of the molecule is c1ccc(N(c2ccccc2)c2ccc(-n3ccc4c3c3ccn(-c5ccc(N(c6ccccc6)c6ccccc6)cc5)c3c3ccn(-c5ccc(N(c6ccccc6)c6ccccc6)cc5)c43)cc2)cc1. The van der Waals surface area contributed by atoms with Crippen LogP contribution >= 0.6 is 0 Å². The van der Waals surface area contributed by atoms with E-state index in [4.69, 9.17) is 0 Å². The molecule has 0 N–H and O–H groups in total. The molecule has 0 saturated heterocycles. The molecule has 0 unspecified atom stereocenters. The molecule has 3 aromatic heterocycles. The lowest BCUT2D eigenvalue weighted by molar-refractivity contribution is 1.12. The Labute approximate surface area is 419 Å². The van der Waals surface area contributed by atoms with Gasteiger partial charge in [0.2, 0.25) is 0 Å². The van der Waals surface area contributed by atoms with Crippen LogP contribution in [0.5, 0.6) is 0 Å². The predicted octanol–water partition coefficient (Wildman–Crippen LogP) is 17.9. The van der Waals surface area contributed by atoms with Gasteiger partial charge in [0.05, 0.1) is 16.6 Å². The molecular weight excluding hydrogens is 877 g/mol. The lowest BCUT2D eigenvalue weighted by atomic mass is 10.1. The van der Waals surface area contributed by atoms with E-state index in [1.807, 2.05) is 0 Å². The number of benzene rings is 10. The van der Waals surface area contributed by atoms with Gasteiger partial charge in [-0.1, -0.05) is 109 Å². The van der Waals surface area contributed by atoms with Crippen LogP contribution in [-0.4, -0.2) is 13.7 Å². The van der Waals surface area contributed by atoms with Gasteiger partial charge in [0.15, 0.2) is 0 Å². The molecule has 6 nitrogen and oxygen atoms in total. The fraction of sp³-hybridized carbons (Fsp3) is 0. The molecule has 0 aliphatic rings. The molecule has 10 aromatic carbocycles. The third-order valence-electron chi connectivity index (χ3n) is 13.7. The third-order valence-corrected chi connectivity index (χ3v) is 13.7. The maximum atomic E-state index is 2.36. The first-order valence-electron chi connectivity index (χ1n) is 24.4. The standard InChI is InChI=1S/C66H48N6/c1-7-19-52(20-8-1)70(53-21-9-2-10-22-53)58-37-31-49(32-38-58)67-46-43-61-64(67)62-44-47-68(50-33-39-59(40-34-50)71(54-23-11-3-12-24-54)55-25-13-4-14-26-55)66(62)63-45-48-69(65(61)63)51-35-41-60(42-36-51)72(56-27-15-5-16-28-56)57-29-17-6-18-30-57/h1-48H. The molecule has 342 valence electrons. The van der Waals surface area contributed by atoms with Crippen LogP contribution in [0.2, 0.25) is 0 Å². The molecule has 13 aromatic rings. The number of fused-ring (bicyclic) bond motifs is 6. The Balaban J connectivity index is 0.962. The van der Waals surface area contributed by atoms with E-state index in [9.17, 15) is 0 Å². The molecule has 0 spiro atoms. The van der Waals surface area contributed by atoms with Gasteiger partial charge < -0.3 is 28.4 Å². The minimum Gasteiger partial charge on any atom is -0.316 e. The quantitative estimate of drug-likeness (QED) is 0.122. The first-order chi connectivity index (χ1) is 35.7. The Kier molecular flexibility index (Phi) is 10.7. The van der Waals surface area contributed by atoms with Crippen LogP contribution in [0.1, 0.15) is 0 Å². The van der Waals surface area contributed by atoms with Crippen molar-refractivity contribution in [2.75, 3.05) is 14.7 Å². The van der Waals surface area contributed by atoms with Crippen LogP contribution in [0.4, 0.5) is 51.2 Å². The van der Waals surface area contributed by atoms with Crippen molar-refractivity contribution in [2.24, 2.45) is 0 Å². The molecule has 3 heterocycles. The minimum atomic E-state index is 1.08. The number of aromatic nitrogens is 3. The Morgan fingerprint density at radius 3 is 0.556 bits per heavy atom. The zero-order valence-electron chi connectivity index (χ0n) is 39.4. The number of hydrogen-bond donors (Lipinski definition) is 0. The Morgan fingerprint density at radius 2 is 0.361 bits per heavy atom. The Hall–Kier alpha value is -9.78. The zero-order valence-corrected chi connectivity index (χ0v) is 39.4. The summed E-state index contributed by atoms with van der Waals surface area (Å²) >= 11 is 0. The van der Waals surface area contributed by atoms with Crippen molar-refractivity contribution < 1.29 is 0 Å². The fourth-order valence-electron chi connectivity index (χ4n) is 10.4. The van der Waals surface area contributed by atoms with Gasteiger partial charge in [0.25, 0.3) is 0 Å². The zero-order chi connectivity index (χ0) is 47.8. The number of para-hydroxylation sites is 6. The van der Waals surface area contributed by atoms with Crippen molar-refractivity contribution in [1.82, 2.24) is 13.7 Å². The van der Waals surface area contributed by atoms with Crippen LogP contribution < -0.4 is 14.7 Å². The monoisotopic (exact) mass is 924 g/mol. The van der Waals surface area contributed by atoms with Crippen molar-refractivity contribution in [2.45, 2.75) is 0 Å². The summed E-state index contributed by atoms with van der Waals surface area (Å²) in [4.78, 5) is 6.92. The van der Waals surface area contributed by atoms with E-state index in [0.717, 1.165) is 84.8 Å². The van der Waals surface area contributed by atoms with Gasteiger partial charge in [-0.15, -0.1) is 0 Å². The number of hydrogen-bond acceptors (Lipinski definition) is 3. The summed E-state index contributed by atoms with van der Waals surface area (Å²) in [6, 6.07) is 97.2. The number of nitrogens with zero attached hydrogens (tertiary/aromatic N) is 6. The molecule has 0 radical (unpaired) electrons. The molecular formula is C66H48N6. The summed E-state index contributed by atoms with van der Waals surface area (Å²) in [6.07, 6.45) is 6.70. The molecule has 0 aliphatic carbocycles. The van der Waals surface area contributed by atoms with E-state index in [2.05, 4.69) is 320 Å². The van der Waals surface area contributed by atoms with E-state index in [-0.39, 0.29) is 0 Å². The molecule has 13 rings (SSSR count). The van der Waals surface area contributed by atoms with Crippen molar-refractivity contribution >= 4 is 83.9 Å². The summed E-state index contributed by atoms with van der Waals surface area (Å²) in [6.45, 7) is 0. The maximum absolute atomic E-state index is 2.36. The lowest BCUT2D eigenvalue weighted by Crippen LogP contribution is -2.09. The summed E-state index contributed by atoms with van der Waals surface area (Å²) in [5.41, 5.74) is 16.6. The largest absolute Gasteiger partial charge is 0.316 e. The molecule has 0 fully saturated rings. The van der Waals surface area contributed by atoms with Crippen LogP contribution in [0.25, 0.3) is 49.8 Å². The van der Waals surface area contributed by atoms with Gasteiger partial charge in [-0.3, -0.25) is 0 Å². The van der Waals surface area contributed by atoms with Crippen LogP contribution in [-0.2, 0) is 0 Å². The highest BCUT2D eigenvalue weighted by molar-refractivity contribution is 6.24. The maximum Gasteiger partial charge on any atom is 0.0643 e. The average Bonchev–Trinajstić information content (AvgIpc) is 4.22. The van der Waals surface area contributed by atoms with E-state index in [0.29, 0.717) is 0 Å². The molecule has 0 atom stereocenters. The summed E-state index contributed by atoms with van der Waals surface area (Å²) in [5.74, 6) is 0. The molecule has 72 heavy (non-hydrogen) atoms. The van der Waals surface area contributed by atoms with Gasteiger partial charge in [-0.2, -0.15) is 0 Å². The summed E-state index contributed by atoms with van der Waals surface area (Å²) < 4.78 is 7.08. The van der Waals surface area contributed by atoms with E-state index in [1.54, 1.807) is 0 Å². The second-order valence-corrected chi connectivity index (χ2v) is 17.9. The highest BCUT2D eigenvalue weighted by atomic mass is 15.2. The van der Waals surface area contributed by atoms with Crippen LogP contribution in [0, 0.1) is 0 Å². The highest BCUT2D eigenvalue weighted by Crippen LogP contribution is 2.43. The van der Waals surface area contributed by atoms with Crippen molar-refractivity contribution in [3.63, 3.8) is 0 Å². The van der Waals surface area contributed by atoms with Crippen molar-refractivity contribution in [1.29, 1.82) is 0 Å². The molecule has 0 bridgehead atoms. The smallest absolute Gasteiger partial charge is 0.0643 e. The lowest BCUT2D eigenvalue weighted by Gasteiger charge is -2.25. The number of rotatable bonds is 12. The second kappa shape index (κ2) is 18.3.